The van der Waals surface area contributed by atoms with Crippen molar-refractivity contribution in [3.8, 4) is 0 Å². The topological polar surface area (TPSA) is 102 Å². The molecular formula is C24H23N3O4S. The highest BCUT2D eigenvalue weighted by Gasteiger charge is 2.44. The van der Waals surface area contributed by atoms with E-state index in [1.54, 1.807) is 48.4 Å². The molecule has 7 nitrogen and oxygen atoms in total. The number of rotatable bonds is 7. The van der Waals surface area contributed by atoms with Crippen LogP contribution in [-0.4, -0.2) is 42.9 Å². The van der Waals surface area contributed by atoms with Gasteiger partial charge in [0.15, 0.2) is 0 Å². The number of anilines is 1. The summed E-state index contributed by atoms with van der Waals surface area (Å²) in [5, 5.41) is 4.80. The molecule has 1 aromatic heterocycles. The van der Waals surface area contributed by atoms with Crippen LogP contribution in [0.4, 0.5) is 5.69 Å². The fraction of sp³-hybridized carbons (Fsp3) is 0.208. The number of nitrogens with zero attached hydrogens (tertiary/aromatic N) is 1. The lowest BCUT2D eigenvalue weighted by Crippen LogP contribution is -2.47. The molecule has 164 valence electrons. The maximum Gasteiger partial charge on any atom is 0.254 e. The molecule has 32 heavy (non-hydrogen) atoms. The van der Waals surface area contributed by atoms with Gasteiger partial charge in [-0.05, 0) is 35.2 Å². The number of nitrogens with two attached hydrogens (primary N) is 1. The molecule has 0 bridgehead atoms. The summed E-state index contributed by atoms with van der Waals surface area (Å²) in [4.78, 5) is 41.5. The van der Waals surface area contributed by atoms with E-state index in [0.29, 0.717) is 30.0 Å². The Morgan fingerprint density at radius 2 is 1.84 bits per heavy atom. The number of fused-ring (bicyclic) bond motifs is 1. The number of nitrogens with one attached hydrogen (secondary N) is 1. The first-order valence-corrected chi connectivity index (χ1v) is 11.0. The zero-order valence-electron chi connectivity index (χ0n) is 17.5. The highest BCUT2D eigenvalue weighted by Crippen LogP contribution is 2.44. The second-order valence-corrected chi connectivity index (χ2v) is 8.39. The average molecular weight is 450 g/mol. The number of carbonyl (C=O) groups is 3. The van der Waals surface area contributed by atoms with Crippen LogP contribution >= 0.6 is 11.3 Å². The fourth-order valence-electron chi connectivity index (χ4n) is 4.10. The fourth-order valence-corrected chi connectivity index (χ4v) is 4.98. The van der Waals surface area contributed by atoms with E-state index in [0.717, 1.165) is 4.88 Å². The van der Waals surface area contributed by atoms with Gasteiger partial charge in [0.1, 0.15) is 0 Å². The normalized spacial score (nSPS) is 17.7. The van der Waals surface area contributed by atoms with Crippen molar-refractivity contribution < 1.29 is 19.1 Å². The van der Waals surface area contributed by atoms with Crippen LogP contribution in [0.2, 0.25) is 0 Å². The number of ether oxygens (including phenoxy) is 1. The number of thiophene rings is 1. The van der Waals surface area contributed by atoms with Gasteiger partial charge >= 0.3 is 0 Å². The second kappa shape index (κ2) is 9.33. The standard InChI is InChI=1S/C24H23N3O4S/c1-31-13-12-27-21(19-11-6-14-32-19)20(15-7-2-3-8-16(15)24(27)30)23(29)26-18-10-5-4-9-17(18)22(25)28/h2-11,14,20-21H,12-13H2,1H3,(H2,25,28)(H,26,29)/t20-,21+/m0/s1. The van der Waals surface area contributed by atoms with Gasteiger partial charge in [0.2, 0.25) is 5.91 Å². The summed E-state index contributed by atoms with van der Waals surface area (Å²) in [6.45, 7) is 0.683. The molecule has 0 fully saturated rings. The van der Waals surface area contributed by atoms with E-state index in [-0.39, 0.29) is 17.4 Å². The van der Waals surface area contributed by atoms with Crippen LogP contribution in [0.15, 0.2) is 66.0 Å². The molecule has 4 rings (SSSR count). The molecule has 0 unspecified atom stereocenters. The van der Waals surface area contributed by atoms with Crippen molar-refractivity contribution in [2.75, 3.05) is 25.6 Å². The summed E-state index contributed by atoms with van der Waals surface area (Å²) in [5.41, 5.74) is 7.19. The van der Waals surface area contributed by atoms with E-state index in [4.69, 9.17) is 10.5 Å². The SMILES string of the molecule is COCCN1C(=O)c2ccccc2[C@H](C(=O)Nc2ccccc2C(N)=O)[C@H]1c1cccs1. The number of para-hydroxylation sites is 1. The van der Waals surface area contributed by atoms with E-state index >= 15 is 0 Å². The molecule has 1 aliphatic rings. The van der Waals surface area contributed by atoms with Crippen molar-refractivity contribution >= 4 is 34.7 Å². The van der Waals surface area contributed by atoms with Gasteiger partial charge in [0.25, 0.3) is 11.8 Å². The van der Waals surface area contributed by atoms with Crippen LogP contribution in [0.25, 0.3) is 0 Å². The quantitative estimate of drug-likeness (QED) is 0.577. The zero-order chi connectivity index (χ0) is 22.7. The summed E-state index contributed by atoms with van der Waals surface area (Å²) in [6.07, 6.45) is 0. The van der Waals surface area contributed by atoms with Crippen LogP contribution in [0.3, 0.4) is 0 Å². The monoisotopic (exact) mass is 449 g/mol. The Labute approximate surface area is 189 Å². The first kappa shape index (κ1) is 21.7. The van der Waals surface area contributed by atoms with E-state index in [9.17, 15) is 14.4 Å². The molecule has 2 atom stereocenters. The van der Waals surface area contributed by atoms with Crippen molar-refractivity contribution in [3.63, 3.8) is 0 Å². The number of hydrogen-bond acceptors (Lipinski definition) is 5. The van der Waals surface area contributed by atoms with E-state index in [1.165, 1.54) is 11.3 Å². The van der Waals surface area contributed by atoms with Gasteiger partial charge in [-0.3, -0.25) is 14.4 Å². The molecular weight excluding hydrogens is 426 g/mol. The van der Waals surface area contributed by atoms with Crippen molar-refractivity contribution in [1.29, 1.82) is 0 Å². The summed E-state index contributed by atoms with van der Waals surface area (Å²) in [6, 6.07) is 17.1. The van der Waals surface area contributed by atoms with Crippen molar-refractivity contribution in [3.05, 3.63) is 87.6 Å². The molecule has 2 heterocycles. The summed E-state index contributed by atoms with van der Waals surface area (Å²) >= 11 is 1.49. The third-order valence-corrected chi connectivity index (χ3v) is 6.49. The molecule has 3 N–H and O–H groups in total. The summed E-state index contributed by atoms with van der Waals surface area (Å²) in [5.74, 6) is -1.77. The largest absolute Gasteiger partial charge is 0.383 e. The smallest absolute Gasteiger partial charge is 0.254 e. The average Bonchev–Trinajstić information content (AvgIpc) is 3.33. The van der Waals surface area contributed by atoms with Gasteiger partial charge in [-0.25, -0.2) is 0 Å². The van der Waals surface area contributed by atoms with E-state index in [1.807, 2.05) is 29.6 Å². The lowest BCUT2D eigenvalue weighted by atomic mass is 9.81. The zero-order valence-corrected chi connectivity index (χ0v) is 18.3. The lowest BCUT2D eigenvalue weighted by Gasteiger charge is -2.41. The van der Waals surface area contributed by atoms with E-state index < -0.39 is 17.9 Å². The molecule has 0 radical (unpaired) electrons. The molecule has 0 saturated heterocycles. The molecule has 0 spiro atoms. The van der Waals surface area contributed by atoms with Crippen LogP contribution in [0.5, 0.6) is 0 Å². The van der Waals surface area contributed by atoms with Gasteiger partial charge in [0.05, 0.1) is 29.8 Å². The minimum Gasteiger partial charge on any atom is -0.383 e. The maximum absolute atomic E-state index is 13.7. The predicted octanol–water partition coefficient (Wildman–Crippen LogP) is 3.41. The maximum atomic E-state index is 13.7. The Morgan fingerprint density at radius 1 is 1.09 bits per heavy atom. The summed E-state index contributed by atoms with van der Waals surface area (Å²) < 4.78 is 5.24. The van der Waals surface area contributed by atoms with Gasteiger partial charge in [-0.15, -0.1) is 11.3 Å². The molecule has 3 amide bonds. The molecule has 3 aromatic rings. The predicted molar refractivity (Wildman–Crippen MR) is 123 cm³/mol. The van der Waals surface area contributed by atoms with Gasteiger partial charge in [-0.1, -0.05) is 36.4 Å². The third-order valence-electron chi connectivity index (χ3n) is 5.54. The Bertz CT molecular complexity index is 1150. The van der Waals surface area contributed by atoms with Crippen molar-refractivity contribution in [1.82, 2.24) is 4.90 Å². The van der Waals surface area contributed by atoms with Crippen LogP contribution in [0, 0.1) is 0 Å². The van der Waals surface area contributed by atoms with Crippen molar-refractivity contribution in [2.24, 2.45) is 5.73 Å². The second-order valence-electron chi connectivity index (χ2n) is 7.42. The number of hydrogen-bond donors (Lipinski definition) is 2. The number of carbonyl (C=O) groups excluding carboxylic acids is 3. The Balaban J connectivity index is 1.81. The van der Waals surface area contributed by atoms with Crippen molar-refractivity contribution in [2.45, 2.75) is 12.0 Å². The Hall–Kier alpha value is -3.49. The highest BCUT2D eigenvalue weighted by molar-refractivity contribution is 7.10. The van der Waals surface area contributed by atoms with Gasteiger partial charge in [0, 0.05) is 24.1 Å². The Kier molecular flexibility index (Phi) is 6.34. The van der Waals surface area contributed by atoms with Gasteiger partial charge in [-0.2, -0.15) is 0 Å². The highest BCUT2D eigenvalue weighted by atomic mass is 32.1. The molecule has 8 heteroatoms. The summed E-state index contributed by atoms with van der Waals surface area (Å²) in [7, 11) is 1.58. The molecule has 2 aromatic carbocycles. The number of benzene rings is 2. The third kappa shape index (κ3) is 4.02. The minimum atomic E-state index is -0.680. The minimum absolute atomic E-state index is 0.141. The first-order chi connectivity index (χ1) is 15.5. The van der Waals surface area contributed by atoms with Crippen LogP contribution in [0.1, 0.15) is 43.1 Å². The number of methoxy groups -OCH3 is 1. The van der Waals surface area contributed by atoms with Crippen LogP contribution < -0.4 is 11.1 Å². The van der Waals surface area contributed by atoms with Gasteiger partial charge < -0.3 is 20.7 Å². The molecule has 0 saturated carbocycles. The van der Waals surface area contributed by atoms with E-state index in [2.05, 4.69) is 5.32 Å². The number of primary amides is 1. The lowest BCUT2D eigenvalue weighted by molar-refractivity contribution is -0.119. The molecule has 0 aliphatic carbocycles. The number of amides is 3. The Morgan fingerprint density at radius 3 is 2.56 bits per heavy atom. The van der Waals surface area contributed by atoms with Crippen LogP contribution in [-0.2, 0) is 9.53 Å². The first-order valence-electron chi connectivity index (χ1n) is 10.1. The molecule has 1 aliphatic heterocycles.